The molecule has 0 amide bonds. The molecule has 0 unspecified atom stereocenters. The Balaban J connectivity index is 0.000000155. The second kappa shape index (κ2) is 17.1. The predicted octanol–water partition coefficient (Wildman–Crippen LogP) is 12.9. The number of rotatable bonds is 6. The topological polar surface area (TPSA) is 0 Å². The summed E-state index contributed by atoms with van der Waals surface area (Å²) in [7, 11) is 0.770. The molecule has 2 heteroatoms. The quantitative estimate of drug-likeness (QED) is 0.283. The monoisotopic (exact) mass is 560 g/mol. The molecule has 6 fully saturated rings. The smallest absolute Gasteiger partial charge is 0.0204 e. The van der Waals surface area contributed by atoms with Gasteiger partial charge in [0.1, 0.15) is 0 Å². The molecule has 0 aromatic heterocycles. The van der Waals surface area contributed by atoms with Crippen LogP contribution in [0.25, 0.3) is 0 Å². The van der Waals surface area contributed by atoms with Crippen LogP contribution in [0.2, 0.25) is 0 Å². The highest BCUT2D eigenvalue weighted by molar-refractivity contribution is 7.60. The molecule has 220 valence electrons. The average molecular weight is 561 g/mol. The number of hydrogen-bond donors (Lipinski definition) is 0. The summed E-state index contributed by atoms with van der Waals surface area (Å²) < 4.78 is 0. The van der Waals surface area contributed by atoms with Crippen LogP contribution in [0.1, 0.15) is 193 Å². The fourth-order valence-corrected chi connectivity index (χ4v) is 19.4. The van der Waals surface area contributed by atoms with Gasteiger partial charge in [-0.15, -0.1) is 0 Å². The second-order valence-electron chi connectivity index (χ2n) is 14.6. The Labute approximate surface area is 241 Å². The Hall–Kier alpha value is 0.860. The van der Waals surface area contributed by atoms with Crippen LogP contribution in [0, 0.1) is 0 Å². The molecule has 6 aliphatic carbocycles. The van der Waals surface area contributed by atoms with Gasteiger partial charge < -0.3 is 0 Å². The molecule has 0 N–H and O–H groups in total. The standard InChI is InChI=1S/2C18H33P/c2*1-4-10-16(11-5-1)19(17-12-6-2-7-13-17)18-14-8-3-9-15-18/h2*16-18H,1-15H2. The summed E-state index contributed by atoms with van der Waals surface area (Å²) in [6.07, 6.45) is 47.2. The molecule has 6 aliphatic rings. The normalized spacial score (nSPS) is 28.9. The summed E-state index contributed by atoms with van der Waals surface area (Å²) in [5.74, 6) is 0. The highest BCUT2D eigenvalue weighted by Gasteiger charge is 2.37. The maximum atomic E-state index is 1.61. The molecule has 6 saturated carbocycles. The van der Waals surface area contributed by atoms with Crippen LogP contribution in [-0.4, -0.2) is 34.0 Å². The van der Waals surface area contributed by atoms with Crippen molar-refractivity contribution in [3.05, 3.63) is 0 Å². The SMILES string of the molecule is C1CCC(P(C2CCCCC2)C2CCCCC2)CC1.C1CCC(P(C2CCCCC2)C2CCCCC2)CC1. The Morgan fingerprint density at radius 3 is 0.447 bits per heavy atom. The summed E-state index contributed by atoms with van der Waals surface area (Å²) >= 11 is 0. The molecule has 0 atom stereocenters. The zero-order chi connectivity index (χ0) is 25.8. The lowest BCUT2D eigenvalue weighted by Gasteiger charge is -2.44. The molecule has 0 heterocycles. The molecular weight excluding hydrogens is 494 g/mol. The minimum absolute atomic E-state index is 0.385. The van der Waals surface area contributed by atoms with Gasteiger partial charge in [-0.1, -0.05) is 131 Å². The third-order valence-corrected chi connectivity index (χ3v) is 20.1. The van der Waals surface area contributed by atoms with Crippen molar-refractivity contribution in [1.82, 2.24) is 0 Å². The van der Waals surface area contributed by atoms with Gasteiger partial charge >= 0.3 is 0 Å². The predicted molar refractivity (Wildman–Crippen MR) is 175 cm³/mol. The first-order valence-electron chi connectivity index (χ1n) is 18.4. The molecule has 38 heavy (non-hydrogen) atoms. The Morgan fingerprint density at radius 1 is 0.184 bits per heavy atom. The second-order valence-corrected chi connectivity index (χ2v) is 20.8. The molecule has 0 bridgehead atoms. The first-order chi connectivity index (χ1) is 18.9. The number of hydrogen-bond acceptors (Lipinski definition) is 0. The van der Waals surface area contributed by atoms with Gasteiger partial charge in [-0.2, -0.15) is 0 Å². The average Bonchev–Trinajstić information content (AvgIpc) is 3.01. The van der Waals surface area contributed by atoms with Gasteiger partial charge in [-0.05, 0) is 111 Å². The molecule has 0 nitrogen and oxygen atoms in total. The van der Waals surface area contributed by atoms with Crippen LogP contribution >= 0.6 is 15.8 Å². The maximum Gasteiger partial charge on any atom is -0.0204 e. The van der Waals surface area contributed by atoms with Gasteiger partial charge in [0.2, 0.25) is 0 Å². The van der Waals surface area contributed by atoms with E-state index in [1.54, 1.807) is 154 Å². The summed E-state index contributed by atoms with van der Waals surface area (Å²) in [6, 6.07) is 0. The van der Waals surface area contributed by atoms with Crippen molar-refractivity contribution in [1.29, 1.82) is 0 Å². The van der Waals surface area contributed by atoms with Crippen molar-refractivity contribution in [3.63, 3.8) is 0 Å². The van der Waals surface area contributed by atoms with Gasteiger partial charge in [-0.25, -0.2) is 0 Å². The Bertz CT molecular complexity index is 457. The highest BCUT2D eigenvalue weighted by Crippen LogP contribution is 2.63. The van der Waals surface area contributed by atoms with Gasteiger partial charge in [-0.3, -0.25) is 0 Å². The lowest BCUT2D eigenvalue weighted by molar-refractivity contribution is 0.460. The van der Waals surface area contributed by atoms with Crippen molar-refractivity contribution in [2.75, 3.05) is 0 Å². The van der Waals surface area contributed by atoms with E-state index in [9.17, 15) is 0 Å². The van der Waals surface area contributed by atoms with Crippen LogP contribution in [0.5, 0.6) is 0 Å². The third kappa shape index (κ3) is 8.93. The van der Waals surface area contributed by atoms with E-state index in [1.165, 1.54) is 72.5 Å². The van der Waals surface area contributed by atoms with E-state index in [-0.39, 0.29) is 0 Å². The van der Waals surface area contributed by atoms with Crippen LogP contribution in [-0.2, 0) is 0 Å². The van der Waals surface area contributed by atoms with E-state index >= 15 is 0 Å². The van der Waals surface area contributed by atoms with Crippen LogP contribution in [0.3, 0.4) is 0 Å². The molecule has 0 radical (unpaired) electrons. The largest absolute Gasteiger partial charge is 0.0971 e. The highest BCUT2D eigenvalue weighted by atomic mass is 31.1. The molecule has 0 aromatic rings. The molecule has 6 rings (SSSR count). The van der Waals surface area contributed by atoms with Gasteiger partial charge in [0.05, 0.1) is 0 Å². The van der Waals surface area contributed by atoms with Crippen LogP contribution in [0.15, 0.2) is 0 Å². The summed E-state index contributed by atoms with van der Waals surface area (Å²) in [6.45, 7) is 0. The van der Waals surface area contributed by atoms with Crippen molar-refractivity contribution in [2.45, 2.75) is 227 Å². The van der Waals surface area contributed by atoms with Crippen molar-refractivity contribution >= 4 is 15.8 Å². The van der Waals surface area contributed by atoms with E-state index in [1.807, 2.05) is 0 Å². The van der Waals surface area contributed by atoms with E-state index in [4.69, 9.17) is 0 Å². The molecule has 0 spiro atoms. The van der Waals surface area contributed by atoms with Crippen molar-refractivity contribution in [2.24, 2.45) is 0 Å². The summed E-state index contributed by atoms with van der Waals surface area (Å²) in [4.78, 5) is 0. The molecule has 0 aliphatic heterocycles. The molecule has 0 aromatic carbocycles. The lowest BCUT2D eigenvalue weighted by atomic mass is 9.99. The van der Waals surface area contributed by atoms with Gasteiger partial charge in [0.25, 0.3) is 0 Å². The van der Waals surface area contributed by atoms with Crippen LogP contribution < -0.4 is 0 Å². The van der Waals surface area contributed by atoms with Gasteiger partial charge in [0, 0.05) is 0 Å². The van der Waals surface area contributed by atoms with Crippen molar-refractivity contribution in [3.8, 4) is 0 Å². The molecular formula is C36H66P2. The van der Waals surface area contributed by atoms with Crippen LogP contribution in [0.4, 0.5) is 0 Å². The van der Waals surface area contributed by atoms with E-state index in [2.05, 4.69) is 0 Å². The minimum Gasteiger partial charge on any atom is -0.0971 e. The first kappa shape index (κ1) is 30.3. The fourth-order valence-electron chi connectivity index (χ4n) is 10.1. The Morgan fingerprint density at radius 2 is 0.316 bits per heavy atom. The lowest BCUT2D eigenvalue weighted by Crippen LogP contribution is -2.28. The zero-order valence-electron chi connectivity index (χ0n) is 25.6. The van der Waals surface area contributed by atoms with E-state index in [0.717, 1.165) is 0 Å². The van der Waals surface area contributed by atoms with Crippen molar-refractivity contribution < 1.29 is 0 Å². The summed E-state index contributed by atoms with van der Waals surface area (Å²) in [5.41, 5.74) is 7.14. The fraction of sp³-hybridized carbons (Fsp3) is 1.00. The third-order valence-electron chi connectivity index (χ3n) is 12.0. The Kier molecular flexibility index (Phi) is 13.6. The van der Waals surface area contributed by atoms with Gasteiger partial charge in [0.15, 0.2) is 0 Å². The van der Waals surface area contributed by atoms with E-state index in [0.29, 0.717) is 15.8 Å². The van der Waals surface area contributed by atoms with E-state index < -0.39 is 0 Å². The zero-order valence-corrected chi connectivity index (χ0v) is 27.4. The maximum absolute atomic E-state index is 1.61. The summed E-state index contributed by atoms with van der Waals surface area (Å²) in [5, 5.41) is 0. The first-order valence-corrected chi connectivity index (χ1v) is 21.5. The minimum atomic E-state index is 0.385. The molecule has 0 saturated heterocycles.